The van der Waals surface area contributed by atoms with Crippen LogP contribution in [0, 0.1) is 0 Å². The monoisotopic (exact) mass is 145 g/mol. The summed E-state index contributed by atoms with van der Waals surface area (Å²) in [6.45, 7) is 6.49. The van der Waals surface area contributed by atoms with Crippen LogP contribution in [0.2, 0.25) is 0 Å². The summed E-state index contributed by atoms with van der Waals surface area (Å²) in [6, 6.07) is 0.513. The third-order valence-corrected chi connectivity index (χ3v) is 1.81. The first-order valence-corrected chi connectivity index (χ1v) is 3.74. The molecule has 3 nitrogen and oxygen atoms in total. The topological polar surface area (TPSA) is 32.7 Å². The maximum atomic E-state index is 9.06. The van der Waals surface area contributed by atoms with Gasteiger partial charge in [-0.05, 0) is 13.8 Å². The smallest absolute Gasteiger partial charge is 0.167 e. The molecule has 0 aromatic heterocycles. The van der Waals surface area contributed by atoms with Gasteiger partial charge in [0.1, 0.15) is 0 Å². The number of hydrogen-bond acceptors (Lipinski definition) is 3. The Morgan fingerprint density at radius 3 is 2.70 bits per heavy atom. The lowest BCUT2D eigenvalue weighted by molar-refractivity contribution is -0.150. The SMILES string of the molecule is CC(C)N1CCOC(O)C1. The maximum Gasteiger partial charge on any atom is 0.167 e. The van der Waals surface area contributed by atoms with Crippen molar-refractivity contribution in [3.8, 4) is 0 Å². The van der Waals surface area contributed by atoms with Crippen LogP contribution in [0.15, 0.2) is 0 Å². The Morgan fingerprint density at radius 1 is 1.60 bits per heavy atom. The predicted octanol–water partition coefficient (Wildman–Crippen LogP) is 0.0454. The second-order valence-corrected chi connectivity index (χ2v) is 2.91. The van der Waals surface area contributed by atoms with Crippen molar-refractivity contribution in [3.05, 3.63) is 0 Å². The summed E-state index contributed by atoms with van der Waals surface area (Å²) in [5, 5.41) is 9.06. The summed E-state index contributed by atoms with van der Waals surface area (Å²) in [7, 11) is 0. The zero-order valence-electron chi connectivity index (χ0n) is 6.58. The fraction of sp³-hybridized carbons (Fsp3) is 1.00. The molecule has 1 saturated heterocycles. The number of morpholine rings is 1. The van der Waals surface area contributed by atoms with E-state index in [1.165, 1.54) is 0 Å². The van der Waals surface area contributed by atoms with Crippen LogP contribution in [-0.2, 0) is 4.74 Å². The number of β-amino-alcohol motifs (C(OH)–C–C–N with tert-alkyl or cyclic N) is 1. The lowest BCUT2D eigenvalue weighted by atomic mass is 10.3. The summed E-state index contributed by atoms with van der Waals surface area (Å²) < 4.78 is 4.97. The van der Waals surface area contributed by atoms with Crippen LogP contribution in [0.3, 0.4) is 0 Å². The molecule has 0 aliphatic carbocycles. The first-order chi connectivity index (χ1) is 4.70. The lowest BCUT2D eigenvalue weighted by Gasteiger charge is -2.32. The number of aliphatic hydroxyl groups is 1. The van der Waals surface area contributed by atoms with Gasteiger partial charge in [-0.3, -0.25) is 4.90 Å². The van der Waals surface area contributed by atoms with Crippen molar-refractivity contribution < 1.29 is 9.84 Å². The maximum absolute atomic E-state index is 9.06. The van der Waals surface area contributed by atoms with Crippen LogP contribution in [-0.4, -0.2) is 42.0 Å². The Labute approximate surface area is 61.6 Å². The van der Waals surface area contributed by atoms with Gasteiger partial charge < -0.3 is 9.84 Å². The molecule has 0 saturated carbocycles. The van der Waals surface area contributed by atoms with Gasteiger partial charge >= 0.3 is 0 Å². The van der Waals surface area contributed by atoms with E-state index in [9.17, 15) is 0 Å². The quantitative estimate of drug-likeness (QED) is 0.565. The van der Waals surface area contributed by atoms with E-state index in [1.54, 1.807) is 0 Å². The molecular formula is C7H15NO2. The molecule has 3 heteroatoms. The standard InChI is InChI=1S/C7H15NO2/c1-6(2)8-3-4-10-7(9)5-8/h6-7,9H,3-5H2,1-2H3. The molecular weight excluding hydrogens is 130 g/mol. The van der Waals surface area contributed by atoms with Crippen LogP contribution < -0.4 is 0 Å². The zero-order chi connectivity index (χ0) is 7.56. The normalized spacial score (nSPS) is 29.4. The Hall–Kier alpha value is -0.120. The number of hydrogen-bond donors (Lipinski definition) is 1. The molecule has 0 radical (unpaired) electrons. The summed E-state index contributed by atoms with van der Waals surface area (Å²) in [6.07, 6.45) is -0.573. The molecule has 1 heterocycles. The summed E-state index contributed by atoms with van der Waals surface area (Å²) in [5.74, 6) is 0. The van der Waals surface area contributed by atoms with Gasteiger partial charge in [0.25, 0.3) is 0 Å². The van der Waals surface area contributed by atoms with Gasteiger partial charge in [0.15, 0.2) is 6.29 Å². The van der Waals surface area contributed by atoms with Crippen molar-refractivity contribution in [2.75, 3.05) is 19.7 Å². The minimum atomic E-state index is -0.573. The number of rotatable bonds is 1. The van der Waals surface area contributed by atoms with E-state index in [0.717, 1.165) is 6.54 Å². The zero-order valence-corrected chi connectivity index (χ0v) is 6.58. The molecule has 1 rings (SSSR count). The largest absolute Gasteiger partial charge is 0.367 e. The van der Waals surface area contributed by atoms with Crippen molar-refractivity contribution in [3.63, 3.8) is 0 Å². The Kier molecular flexibility index (Phi) is 2.65. The molecule has 10 heavy (non-hydrogen) atoms. The molecule has 0 amide bonds. The van der Waals surface area contributed by atoms with Gasteiger partial charge in [-0.25, -0.2) is 0 Å². The number of ether oxygens (including phenoxy) is 1. The Bertz CT molecular complexity index is 106. The molecule has 1 N–H and O–H groups in total. The molecule has 1 aliphatic rings. The molecule has 1 unspecified atom stereocenters. The second kappa shape index (κ2) is 3.32. The van der Waals surface area contributed by atoms with E-state index in [0.29, 0.717) is 19.2 Å². The number of aliphatic hydroxyl groups excluding tert-OH is 1. The third kappa shape index (κ3) is 1.94. The fourth-order valence-corrected chi connectivity index (χ4v) is 1.12. The minimum Gasteiger partial charge on any atom is -0.367 e. The van der Waals surface area contributed by atoms with Crippen molar-refractivity contribution in [2.45, 2.75) is 26.2 Å². The molecule has 0 aromatic rings. The van der Waals surface area contributed by atoms with Gasteiger partial charge in [0.2, 0.25) is 0 Å². The van der Waals surface area contributed by atoms with Gasteiger partial charge in [0.05, 0.1) is 6.61 Å². The van der Waals surface area contributed by atoms with Crippen molar-refractivity contribution >= 4 is 0 Å². The van der Waals surface area contributed by atoms with Gasteiger partial charge in [-0.1, -0.05) is 0 Å². The van der Waals surface area contributed by atoms with Crippen LogP contribution in [0.4, 0.5) is 0 Å². The average molecular weight is 145 g/mol. The van der Waals surface area contributed by atoms with Crippen molar-refractivity contribution in [1.82, 2.24) is 4.90 Å². The third-order valence-electron chi connectivity index (χ3n) is 1.81. The molecule has 1 fully saturated rings. The minimum absolute atomic E-state index is 0.513. The van der Waals surface area contributed by atoms with Crippen molar-refractivity contribution in [1.29, 1.82) is 0 Å². The Balaban J connectivity index is 2.32. The van der Waals surface area contributed by atoms with Gasteiger partial charge in [-0.15, -0.1) is 0 Å². The number of nitrogens with zero attached hydrogens (tertiary/aromatic N) is 1. The Morgan fingerprint density at radius 2 is 2.30 bits per heavy atom. The molecule has 0 bridgehead atoms. The summed E-state index contributed by atoms with van der Waals surface area (Å²) in [5.41, 5.74) is 0. The average Bonchev–Trinajstić information content (AvgIpc) is 1.88. The highest BCUT2D eigenvalue weighted by Gasteiger charge is 2.19. The van der Waals surface area contributed by atoms with E-state index in [-0.39, 0.29) is 0 Å². The van der Waals surface area contributed by atoms with Gasteiger partial charge in [-0.2, -0.15) is 0 Å². The summed E-state index contributed by atoms with van der Waals surface area (Å²) >= 11 is 0. The molecule has 60 valence electrons. The van der Waals surface area contributed by atoms with E-state index >= 15 is 0 Å². The van der Waals surface area contributed by atoms with E-state index in [2.05, 4.69) is 18.7 Å². The molecule has 1 atom stereocenters. The van der Waals surface area contributed by atoms with Gasteiger partial charge in [0, 0.05) is 19.1 Å². The van der Waals surface area contributed by atoms with Crippen LogP contribution >= 0.6 is 0 Å². The fourth-order valence-electron chi connectivity index (χ4n) is 1.12. The van der Waals surface area contributed by atoms with Crippen LogP contribution in [0.25, 0.3) is 0 Å². The summed E-state index contributed by atoms with van der Waals surface area (Å²) in [4.78, 5) is 2.20. The van der Waals surface area contributed by atoms with E-state index < -0.39 is 6.29 Å². The highest BCUT2D eigenvalue weighted by molar-refractivity contribution is 4.67. The molecule has 0 spiro atoms. The van der Waals surface area contributed by atoms with Crippen LogP contribution in [0.1, 0.15) is 13.8 Å². The second-order valence-electron chi connectivity index (χ2n) is 2.91. The highest BCUT2D eigenvalue weighted by Crippen LogP contribution is 2.05. The predicted molar refractivity (Wildman–Crippen MR) is 38.7 cm³/mol. The van der Waals surface area contributed by atoms with Crippen LogP contribution in [0.5, 0.6) is 0 Å². The molecule has 0 aromatic carbocycles. The molecule has 1 aliphatic heterocycles. The lowest BCUT2D eigenvalue weighted by Crippen LogP contribution is -2.45. The van der Waals surface area contributed by atoms with E-state index in [1.807, 2.05) is 0 Å². The van der Waals surface area contributed by atoms with E-state index in [4.69, 9.17) is 9.84 Å². The highest BCUT2D eigenvalue weighted by atomic mass is 16.6. The van der Waals surface area contributed by atoms with Crippen molar-refractivity contribution in [2.24, 2.45) is 0 Å². The first-order valence-electron chi connectivity index (χ1n) is 3.74. The first kappa shape index (κ1) is 7.98.